The topological polar surface area (TPSA) is 123 Å². The maximum absolute atomic E-state index is 5.46. The Hall–Kier alpha value is -0.240. The summed E-state index contributed by atoms with van der Waals surface area (Å²) < 4.78 is 10.1. The van der Waals surface area contributed by atoms with E-state index in [9.17, 15) is 0 Å². The highest BCUT2D eigenvalue weighted by Gasteiger charge is 2.14. The summed E-state index contributed by atoms with van der Waals surface area (Å²) in [5, 5.41) is 0. The Morgan fingerprint density at radius 1 is 0.882 bits per heavy atom. The van der Waals surface area contributed by atoms with Gasteiger partial charge in [-0.15, -0.1) is 0 Å². The molecule has 0 rings (SSSR count). The quantitative estimate of drug-likeness (QED) is 0.331. The first-order chi connectivity index (χ1) is 7.86. The molecular formula is C11H30N4O2. The minimum Gasteiger partial charge on any atom is -0.378 e. The molecule has 0 aliphatic heterocycles. The van der Waals surface area contributed by atoms with Gasteiger partial charge in [0.1, 0.15) is 0 Å². The lowest BCUT2D eigenvalue weighted by molar-refractivity contribution is 0.0538. The highest BCUT2D eigenvalue weighted by molar-refractivity contribution is 4.72. The van der Waals surface area contributed by atoms with Crippen molar-refractivity contribution in [3.63, 3.8) is 0 Å². The first-order valence-electron chi connectivity index (χ1n) is 5.99. The third-order valence-electron chi connectivity index (χ3n) is 2.14. The van der Waals surface area contributed by atoms with E-state index in [1.807, 2.05) is 20.8 Å². The van der Waals surface area contributed by atoms with Gasteiger partial charge in [-0.1, -0.05) is 13.8 Å². The van der Waals surface area contributed by atoms with Crippen molar-refractivity contribution in [2.24, 2.45) is 28.9 Å². The molecule has 0 amide bonds. The SMILES string of the molecule is CC(C)C(C)(N)N.NCCOCCOCCN. The first kappa shape index (κ1) is 19.1. The average molecular weight is 250 g/mol. The highest BCUT2D eigenvalue weighted by Crippen LogP contribution is 2.03. The van der Waals surface area contributed by atoms with Crippen molar-refractivity contribution in [2.45, 2.75) is 26.4 Å². The second-order valence-corrected chi connectivity index (χ2v) is 4.32. The summed E-state index contributed by atoms with van der Waals surface area (Å²) in [5.74, 6) is 0.354. The molecule has 0 saturated carbocycles. The van der Waals surface area contributed by atoms with Gasteiger partial charge >= 0.3 is 0 Å². The van der Waals surface area contributed by atoms with Crippen molar-refractivity contribution in [1.82, 2.24) is 0 Å². The average Bonchev–Trinajstić information content (AvgIpc) is 2.23. The molecule has 0 aliphatic rings. The van der Waals surface area contributed by atoms with Gasteiger partial charge in [-0.25, -0.2) is 0 Å². The van der Waals surface area contributed by atoms with E-state index in [0.29, 0.717) is 45.4 Å². The zero-order chi connectivity index (χ0) is 13.7. The zero-order valence-corrected chi connectivity index (χ0v) is 11.4. The molecule has 0 unspecified atom stereocenters. The Balaban J connectivity index is 0. The Labute approximate surface area is 105 Å². The van der Waals surface area contributed by atoms with Gasteiger partial charge in [-0.3, -0.25) is 0 Å². The molecule has 17 heavy (non-hydrogen) atoms. The second-order valence-electron chi connectivity index (χ2n) is 4.32. The summed E-state index contributed by atoms with van der Waals surface area (Å²) in [5.41, 5.74) is 20.8. The largest absolute Gasteiger partial charge is 0.378 e. The normalized spacial score (nSPS) is 11.3. The molecule has 0 fully saturated rings. The third kappa shape index (κ3) is 18.3. The predicted octanol–water partition coefficient (Wildman–Crippen LogP) is -0.787. The molecular weight excluding hydrogens is 220 g/mol. The fourth-order valence-electron chi connectivity index (χ4n) is 0.489. The van der Waals surface area contributed by atoms with Gasteiger partial charge < -0.3 is 32.4 Å². The molecule has 0 aromatic rings. The monoisotopic (exact) mass is 250 g/mol. The molecule has 0 radical (unpaired) electrons. The fourth-order valence-corrected chi connectivity index (χ4v) is 0.489. The lowest BCUT2D eigenvalue weighted by Gasteiger charge is -2.22. The molecule has 0 bridgehead atoms. The van der Waals surface area contributed by atoms with Gasteiger partial charge in [0.15, 0.2) is 0 Å². The molecule has 0 aliphatic carbocycles. The Morgan fingerprint density at radius 3 is 1.35 bits per heavy atom. The minimum absolute atomic E-state index is 0.354. The molecule has 0 atom stereocenters. The molecule has 6 nitrogen and oxygen atoms in total. The van der Waals surface area contributed by atoms with Crippen molar-refractivity contribution in [3.8, 4) is 0 Å². The van der Waals surface area contributed by atoms with E-state index >= 15 is 0 Å². The number of hydrogen-bond acceptors (Lipinski definition) is 6. The molecule has 0 saturated heterocycles. The maximum atomic E-state index is 5.46. The summed E-state index contributed by atoms with van der Waals surface area (Å²) in [6, 6.07) is 0. The summed E-state index contributed by atoms with van der Waals surface area (Å²) in [6.07, 6.45) is 0. The van der Waals surface area contributed by atoms with Crippen LogP contribution < -0.4 is 22.9 Å². The number of ether oxygens (including phenoxy) is 2. The summed E-state index contributed by atoms with van der Waals surface area (Å²) in [4.78, 5) is 0. The smallest absolute Gasteiger partial charge is 0.0701 e. The van der Waals surface area contributed by atoms with Gasteiger partial charge in [-0.2, -0.15) is 0 Å². The van der Waals surface area contributed by atoms with Crippen LogP contribution in [-0.2, 0) is 9.47 Å². The van der Waals surface area contributed by atoms with E-state index < -0.39 is 5.66 Å². The fraction of sp³-hybridized carbons (Fsp3) is 1.00. The van der Waals surface area contributed by atoms with Gasteiger partial charge in [-0.05, 0) is 12.8 Å². The van der Waals surface area contributed by atoms with Crippen molar-refractivity contribution in [1.29, 1.82) is 0 Å². The van der Waals surface area contributed by atoms with Crippen LogP contribution in [0.2, 0.25) is 0 Å². The standard InChI is InChI=1S/C6H16N2O2.C5H14N2/c7-1-3-9-5-6-10-4-2-8;1-4(2)5(3,6)7/h1-8H2;4H,6-7H2,1-3H3. The Bertz CT molecular complexity index is 141. The lowest BCUT2D eigenvalue weighted by atomic mass is 10.0. The van der Waals surface area contributed by atoms with Crippen molar-refractivity contribution in [2.75, 3.05) is 39.5 Å². The van der Waals surface area contributed by atoms with Crippen LogP contribution in [-0.4, -0.2) is 45.2 Å². The summed E-state index contributed by atoms with van der Waals surface area (Å²) in [7, 11) is 0. The van der Waals surface area contributed by atoms with E-state index in [1.165, 1.54) is 0 Å². The molecule has 6 heteroatoms. The zero-order valence-electron chi connectivity index (χ0n) is 11.4. The summed E-state index contributed by atoms with van der Waals surface area (Å²) in [6.45, 7) is 9.37. The van der Waals surface area contributed by atoms with Gasteiger partial charge in [0, 0.05) is 13.1 Å². The summed E-state index contributed by atoms with van der Waals surface area (Å²) >= 11 is 0. The van der Waals surface area contributed by atoms with Crippen LogP contribution in [0.3, 0.4) is 0 Å². The Morgan fingerprint density at radius 2 is 1.18 bits per heavy atom. The predicted molar refractivity (Wildman–Crippen MR) is 71.4 cm³/mol. The third-order valence-corrected chi connectivity index (χ3v) is 2.14. The van der Waals surface area contributed by atoms with Gasteiger partial charge in [0.2, 0.25) is 0 Å². The minimum atomic E-state index is -0.500. The maximum Gasteiger partial charge on any atom is 0.0701 e. The van der Waals surface area contributed by atoms with Crippen molar-refractivity contribution >= 4 is 0 Å². The van der Waals surface area contributed by atoms with Crippen LogP contribution in [0.15, 0.2) is 0 Å². The number of nitrogens with two attached hydrogens (primary N) is 4. The van der Waals surface area contributed by atoms with E-state index in [2.05, 4.69) is 0 Å². The van der Waals surface area contributed by atoms with E-state index in [4.69, 9.17) is 32.4 Å². The molecule has 0 heterocycles. The first-order valence-corrected chi connectivity index (χ1v) is 5.99. The second kappa shape index (κ2) is 12.2. The van der Waals surface area contributed by atoms with E-state index in [1.54, 1.807) is 0 Å². The van der Waals surface area contributed by atoms with Crippen LogP contribution in [0.1, 0.15) is 20.8 Å². The van der Waals surface area contributed by atoms with Crippen molar-refractivity contribution in [3.05, 3.63) is 0 Å². The molecule has 0 aromatic heterocycles. The number of hydrogen-bond donors (Lipinski definition) is 4. The van der Waals surface area contributed by atoms with E-state index in [-0.39, 0.29) is 0 Å². The van der Waals surface area contributed by atoms with Crippen LogP contribution in [0.4, 0.5) is 0 Å². The highest BCUT2D eigenvalue weighted by atomic mass is 16.5. The molecule has 106 valence electrons. The van der Waals surface area contributed by atoms with Crippen LogP contribution in [0, 0.1) is 5.92 Å². The van der Waals surface area contributed by atoms with Gasteiger partial charge in [0.05, 0.1) is 32.1 Å². The number of rotatable bonds is 8. The van der Waals surface area contributed by atoms with Crippen LogP contribution in [0.5, 0.6) is 0 Å². The molecule has 0 aromatic carbocycles. The van der Waals surface area contributed by atoms with Crippen LogP contribution in [0.25, 0.3) is 0 Å². The molecule has 8 N–H and O–H groups in total. The Kier molecular flexibility index (Phi) is 13.7. The van der Waals surface area contributed by atoms with Crippen molar-refractivity contribution < 1.29 is 9.47 Å². The van der Waals surface area contributed by atoms with E-state index in [0.717, 1.165) is 0 Å². The van der Waals surface area contributed by atoms with Crippen LogP contribution >= 0.6 is 0 Å². The van der Waals surface area contributed by atoms with Gasteiger partial charge in [0.25, 0.3) is 0 Å². The lowest BCUT2D eigenvalue weighted by Crippen LogP contribution is -2.50. The molecule has 0 spiro atoms.